The molecular weight excluding hydrogens is 315 g/mol. The first kappa shape index (κ1) is 16.4. The summed E-state index contributed by atoms with van der Waals surface area (Å²) in [6.45, 7) is 1.46. The zero-order valence-electron chi connectivity index (χ0n) is 12.3. The number of rotatable bonds is 6. The van der Waals surface area contributed by atoms with Crippen LogP contribution in [0.3, 0.4) is 0 Å². The van der Waals surface area contributed by atoms with Gasteiger partial charge in [-0.25, -0.2) is 9.18 Å². The molecule has 4 aliphatic rings. The zero-order valence-corrected chi connectivity index (χ0v) is 13.1. The molecule has 1 N–H and O–H groups in total. The number of hydrogen-bond donors (Lipinski definition) is 1. The van der Waals surface area contributed by atoms with Gasteiger partial charge in [-0.1, -0.05) is 6.92 Å². The van der Waals surface area contributed by atoms with Gasteiger partial charge in [0.25, 0.3) is 5.00 Å². The van der Waals surface area contributed by atoms with Gasteiger partial charge in [-0.3, -0.25) is 5.04 Å². The average Bonchev–Trinajstić information content (AvgIpc) is 2.48. The van der Waals surface area contributed by atoms with E-state index < -0.39 is 16.6 Å². The van der Waals surface area contributed by atoms with Crippen LogP contribution in [0.15, 0.2) is 0 Å². The number of alkyl halides is 1. The van der Waals surface area contributed by atoms with Gasteiger partial charge in [-0.05, 0) is 49.9 Å². The molecule has 0 aliphatic heterocycles. The maximum atomic E-state index is 14.6. The highest BCUT2D eigenvalue weighted by Gasteiger charge is 2.58. The highest BCUT2D eigenvalue weighted by atomic mass is 32.2. The summed E-state index contributed by atoms with van der Waals surface area (Å²) < 4.78 is 24.1. The molecular formula is C14H20FO6S-. The molecule has 0 aromatic heterocycles. The average molecular weight is 335 g/mol. The second kappa shape index (κ2) is 5.90. The van der Waals surface area contributed by atoms with Crippen molar-refractivity contribution < 1.29 is 33.7 Å². The highest BCUT2D eigenvalue weighted by Crippen LogP contribution is 2.57. The van der Waals surface area contributed by atoms with Crippen LogP contribution in [0.2, 0.25) is 0 Å². The lowest BCUT2D eigenvalue weighted by Crippen LogP contribution is -2.59. The van der Waals surface area contributed by atoms with Crippen molar-refractivity contribution in [1.29, 1.82) is 0 Å². The Morgan fingerprint density at radius 2 is 2.05 bits per heavy atom. The molecule has 0 aromatic carbocycles. The lowest BCUT2D eigenvalue weighted by Gasteiger charge is -2.57. The molecule has 22 heavy (non-hydrogen) atoms. The number of esters is 1. The molecule has 4 bridgehead atoms. The van der Waals surface area contributed by atoms with E-state index in [4.69, 9.17) is 4.74 Å². The molecule has 3 unspecified atom stereocenters. The minimum Gasteiger partial charge on any atom is -0.691 e. The summed E-state index contributed by atoms with van der Waals surface area (Å²) in [6.07, 6.45) is 3.25. The lowest BCUT2D eigenvalue weighted by atomic mass is 9.53. The summed E-state index contributed by atoms with van der Waals surface area (Å²) in [6, 6.07) is 0. The summed E-state index contributed by atoms with van der Waals surface area (Å²) in [7, 11) is 0. The quantitative estimate of drug-likeness (QED) is 0.340. The van der Waals surface area contributed by atoms with Gasteiger partial charge >= 0.3 is 5.97 Å². The molecule has 4 saturated carbocycles. The largest absolute Gasteiger partial charge is 0.691 e. The van der Waals surface area contributed by atoms with E-state index in [0.717, 1.165) is 19.3 Å². The topological polar surface area (TPSA) is 88.0 Å². The Balaban J connectivity index is 1.71. The van der Waals surface area contributed by atoms with Crippen LogP contribution >= 0.6 is 12.0 Å². The standard InChI is InChI=1S/C14H21FO6S/c1-2-14(15,22-21-20-18)12(17)19-13-5-8-3-9(6-13)11(16)10(4-8)7-13/h8-11,16,18H,2-7H2,1H3/p-1. The second-order valence-electron chi connectivity index (χ2n) is 6.83. The van der Waals surface area contributed by atoms with Crippen LogP contribution in [-0.2, 0) is 18.9 Å². The smallest absolute Gasteiger partial charge is 0.357 e. The van der Waals surface area contributed by atoms with Crippen LogP contribution < -0.4 is 5.26 Å². The fraction of sp³-hybridized carbons (Fsp3) is 0.929. The van der Waals surface area contributed by atoms with Gasteiger partial charge in [-0.2, -0.15) is 4.33 Å². The summed E-state index contributed by atoms with van der Waals surface area (Å²) in [5, 5.41) is 20.7. The van der Waals surface area contributed by atoms with Crippen LogP contribution in [0, 0.1) is 17.8 Å². The molecule has 3 atom stereocenters. The molecule has 4 aliphatic carbocycles. The summed E-state index contributed by atoms with van der Waals surface area (Å²) >= 11 is 0.0358. The predicted octanol–water partition coefficient (Wildman–Crippen LogP) is 1.42. The van der Waals surface area contributed by atoms with Crippen molar-refractivity contribution in [1.82, 2.24) is 0 Å². The number of halogens is 1. The van der Waals surface area contributed by atoms with E-state index in [1.165, 1.54) is 6.92 Å². The molecule has 0 radical (unpaired) electrons. The van der Waals surface area contributed by atoms with E-state index in [0.29, 0.717) is 18.8 Å². The van der Waals surface area contributed by atoms with E-state index >= 15 is 0 Å². The van der Waals surface area contributed by atoms with Crippen LogP contribution in [0.4, 0.5) is 4.39 Å². The molecule has 6 nitrogen and oxygen atoms in total. The fourth-order valence-corrected chi connectivity index (χ4v) is 4.99. The van der Waals surface area contributed by atoms with E-state index in [-0.39, 0.29) is 36.4 Å². The van der Waals surface area contributed by atoms with Crippen molar-refractivity contribution in [3.05, 3.63) is 0 Å². The van der Waals surface area contributed by atoms with Crippen LogP contribution in [0.1, 0.15) is 45.4 Å². The number of carbonyl (C=O) groups is 1. The van der Waals surface area contributed by atoms with Crippen molar-refractivity contribution in [2.24, 2.45) is 17.8 Å². The molecule has 0 amide bonds. The van der Waals surface area contributed by atoms with Crippen molar-refractivity contribution in [2.45, 2.75) is 62.2 Å². The third-order valence-electron chi connectivity index (χ3n) is 5.43. The predicted molar refractivity (Wildman–Crippen MR) is 72.3 cm³/mol. The number of aliphatic hydroxyl groups excluding tert-OH is 1. The fourth-order valence-electron chi connectivity index (χ4n) is 4.63. The van der Waals surface area contributed by atoms with Gasteiger partial charge in [0.2, 0.25) is 0 Å². The third-order valence-corrected chi connectivity index (χ3v) is 6.27. The molecule has 126 valence electrons. The van der Waals surface area contributed by atoms with E-state index in [2.05, 4.69) is 9.37 Å². The Labute approximate surface area is 132 Å². The monoisotopic (exact) mass is 335 g/mol. The molecule has 0 saturated heterocycles. The van der Waals surface area contributed by atoms with Crippen molar-refractivity contribution in [3.63, 3.8) is 0 Å². The highest BCUT2D eigenvalue weighted by molar-refractivity contribution is 7.96. The SMILES string of the molecule is CCC(F)(SOO[O-])C(=O)OC12CC3CC(C1)C(O)C(C3)C2. The number of ether oxygens (including phenoxy) is 1. The Hall–Kier alpha value is -0.410. The Bertz CT molecular complexity index is 433. The molecule has 4 rings (SSSR count). The zero-order chi connectivity index (χ0) is 16.0. The minimum atomic E-state index is -2.47. The van der Waals surface area contributed by atoms with Crippen LogP contribution in [0.5, 0.6) is 0 Å². The van der Waals surface area contributed by atoms with Gasteiger partial charge < -0.3 is 15.1 Å². The summed E-state index contributed by atoms with van der Waals surface area (Å²) in [4.78, 5) is 12.2. The molecule has 0 aromatic rings. The van der Waals surface area contributed by atoms with Crippen LogP contribution in [0.25, 0.3) is 0 Å². The number of hydrogen-bond acceptors (Lipinski definition) is 7. The maximum absolute atomic E-state index is 14.6. The first-order valence-corrected chi connectivity index (χ1v) is 8.40. The first-order chi connectivity index (χ1) is 10.4. The molecule has 0 spiro atoms. The Morgan fingerprint density at radius 1 is 1.41 bits per heavy atom. The summed E-state index contributed by atoms with van der Waals surface area (Å²) in [5.41, 5.74) is -0.682. The third kappa shape index (κ3) is 2.75. The van der Waals surface area contributed by atoms with Gasteiger partial charge in [-0.15, -0.1) is 0 Å². The number of carbonyl (C=O) groups excluding carboxylic acids is 1. The van der Waals surface area contributed by atoms with Crippen LogP contribution in [-0.4, -0.2) is 27.8 Å². The summed E-state index contributed by atoms with van der Waals surface area (Å²) in [5.74, 6) is -0.348. The van der Waals surface area contributed by atoms with Crippen molar-refractivity contribution in [2.75, 3.05) is 0 Å². The molecule has 4 fully saturated rings. The van der Waals surface area contributed by atoms with Gasteiger partial charge in [0.1, 0.15) is 5.60 Å². The van der Waals surface area contributed by atoms with Gasteiger partial charge in [0.15, 0.2) is 0 Å². The van der Waals surface area contributed by atoms with E-state index in [9.17, 15) is 19.5 Å². The first-order valence-electron chi connectivity index (χ1n) is 7.66. The van der Waals surface area contributed by atoms with Gasteiger partial charge in [0.05, 0.1) is 18.1 Å². The van der Waals surface area contributed by atoms with E-state index in [1.54, 1.807) is 0 Å². The second-order valence-corrected chi connectivity index (χ2v) is 7.78. The number of aliphatic hydroxyl groups is 1. The Morgan fingerprint density at radius 3 is 2.59 bits per heavy atom. The molecule has 8 heteroatoms. The minimum absolute atomic E-state index is 0.0358. The van der Waals surface area contributed by atoms with Crippen molar-refractivity contribution >= 4 is 18.0 Å². The lowest BCUT2D eigenvalue weighted by molar-refractivity contribution is -0.777. The van der Waals surface area contributed by atoms with E-state index in [1.807, 2.05) is 0 Å². The normalized spacial score (nSPS) is 42.2. The van der Waals surface area contributed by atoms with Crippen molar-refractivity contribution in [3.8, 4) is 0 Å². The molecule has 0 heterocycles. The Kier molecular flexibility index (Phi) is 4.41. The maximum Gasteiger partial charge on any atom is 0.357 e. The van der Waals surface area contributed by atoms with Gasteiger partial charge in [0, 0.05) is 6.42 Å².